The maximum absolute atomic E-state index is 2.44. The number of hydrogen-bond acceptors (Lipinski definition) is 0. The Morgan fingerprint density at radius 2 is 2.25 bits per heavy atom. The van der Waals surface area contributed by atoms with Gasteiger partial charge < -0.3 is 0 Å². The summed E-state index contributed by atoms with van der Waals surface area (Å²) < 4.78 is 0. The van der Waals surface area contributed by atoms with Crippen LogP contribution in [0.3, 0.4) is 0 Å². The molecule has 2 aliphatic rings. The van der Waals surface area contributed by atoms with E-state index in [1.807, 2.05) is 5.92 Å². The summed E-state index contributed by atoms with van der Waals surface area (Å²) in [5.41, 5.74) is 0. The highest BCUT2D eigenvalue weighted by atomic mass is 14.4. The first-order valence-electron chi connectivity index (χ1n) is 5.43. The molecular weight excluding hydrogens is 144 g/mol. The topological polar surface area (TPSA) is 0 Å². The van der Waals surface area contributed by atoms with Crippen molar-refractivity contribution in [3.05, 3.63) is 18.1 Å². The van der Waals surface area contributed by atoms with Crippen LogP contribution in [0.15, 0.2) is 12.2 Å². The molecule has 0 nitrogen and oxygen atoms in total. The summed E-state index contributed by atoms with van der Waals surface area (Å²) in [5, 5.41) is 0. The van der Waals surface area contributed by atoms with E-state index in [1.54, 1.807) is 0 Å². The summed E-state index contributed by atoms with van der Waals surface area (Å²) in [6.45, 7) is 2.28. The lowest BCUT2D eigenvalue weighted by atomic mass is 9.89. The van der Waals surface area contributed by atoms with E-state index in [0.29, 0.717) is 0 Å². The van der Waals surface area contributed by atoms with Gasteiger partial charge in [-0.1, -0.05) is 38.3 Å². The fourth-order valence-corrected chi connectivity index (χ4v) is 2.61. The zero-order chi connectivity index (χ0) is 8.39. The van der Waals surface area contributed by atoms with Gasteiger partial charge in [-0.15, -0.1) is 0 Å². The lowest BCUT2D eigenvalue weighted by Crippen LogP contribution is -2.03. The van der Waals surface area contributed by atoms with Gasteiger partial charge in [-0.25, -0.2) is 0 Å². The molecule has 0 spiro atoms. The van der Waals surface area contributed by atoms with Crippen LogP contribution in [0.4, 0.5) is 0 Å². The van der Waals surface area contributed by atoms with Crippen molar-refractivity contribution in [3.63, 3.8) is 0 Å². The van der Waals surface area contributed by atoms with Crippen molar-refractivity contribution in [3.8, 4) is 0 Å². The first kappa shape index (κ1) is 8.34. The van der Waals surface area contributed by atoms with Crippen molar-refractivity contribution in [2.24, 2.45) is 11.8 Å². The zero-order valence-electron chi connectivity index (χ0n) is 8.05. The predicted octanol–water partition coefficient (Wildman–Crippen LogP) is 3.74. The number of allylic oxidation sites excluding steroid dienone is 2. The van der Waals surface area contributed by atoms with E-state index in [2.05, 4.69) is 19.1 Å². The third kappa shape index (κ3) is 1.57. The van der Waals surface area contributed by atoms with Crippen LogP contribution >= 0.6 is 0 Å². The third-order valence-corrected chi connectivity index (χ3v) is 3.32. The Morgan fingerprint density at radius 1 is 1.33 bits per heavy atom. The summed E-state index contributed by atoms with van der Waals surface area (Å²) in [4.78, 5) is 0. The number of fused-ring (bicyclic) bond motifs is 2. The summed E-state index contributed by atoms with van der Waals surface area (Å²) in [6.07, 6.45) is 13.4. The molecule has 2 atom stereocenters. The highest BCUT2D eigenvalue weighted by Gasteiger charge is 2.35. The van der Waals surface area contributed by atoms with Gasteiger partial charge in [0.25, 0.3) is 0 Å². The maximum atomic E-state index is 2.44. The molecule has 0 aliphatic heterocycles. The standard InChI is InChI=1S/C12H19/c1-2-3-4-5-11-8-10-6-7-12(11)9-10/h6-7,10,12H,2-5,8-9H2,1H3. The van der Waals surface area contributed by atoms with Crippen molar-refractivity contribution < 1.29 is 0 Å². The molecule has 2 rings (SSSR count). The van der Waals surface area contributed by atoms with Crippen LogP contribution in [-0.4, -0.2) is 0 Å². The highest BCUT2D eigenvalue weighted by Crippen LogP contribution is 2.46. The Morgan fingerprint density at radius 3 is 2.83 bits per heavy atom. The first-order chi connectivity index (χ1) is 5.90. The van der Waals surface area contributed by atoms with Crippen LogP contribution in [0, 0.1) is 17.8 Å². The number of rotatable bonds is 4. The average Bonchev–Trinajstić information content (AvgIpc) is 2.65. The van der Waals surface area contributed by atoms with Gasteiger partial charge in [0.1, 0.15) is 0 Å². The quantitative estimate of drug-likeness (QED) is 0.437. The summed E-state index contributed by atoms with van der Waals surface area (Å²) in [6, 6.07) is 0. The van der Waals surface area contributed by atoms with E-state index in [1.165, 1.54) is 38.5 Å². The molecule has 2 bridgehead atoms. The Balaban J connectivity index is 1.73. The summed E-state index contributed by atoms with van der Waals surface area (Å²) >= 11 is 0. The van der Waals surface area contributed by atoms with Crippen molar-refractivity contribution >= 4 is 0 Å². The fraction of sp³-hybridized carbons (Fsp3) is 0.750. The molecular formula is C12H19. The molecule has 0 saturated heterocycles. The lowest BCUT2D eigenvalue weighted by molar-refractivity contribution is 0.599. The van der Waals surface area contributed by atoms with Gasteiger partial charge in [0, 0.05) is 0 Å². The molecule has 0 heteroatoms. The van der Waals surface area contributed by atoms with E-state index < -0.39 is 0 Å². The molecule has 0 N–H and O–H groups in total. The molecule has 67 valence electrons. The smallest absolute Gasteiger partial charge is 0.0165 e. The molecule has 2 aliphatic carbocycles. The van der Waals surface area contributed by atoms with Crippen molar-refractivity contribution in [1.29, 1.82) is 0 Å². The average molecular weight is 163 g/mol. The maximum Gasteiger partial charge on any atom is -0.0165 e. The second-order valence-corrected chi connectivity index (χ2v) is 4.31. The molecule has 1 saturated carbocycles. The Kier molecular flexibility index (Phi) is 2.53. The molecule has 2 unspecified atom stereocenters. The van der Waals surface area contributed by atoms with Gasteiger partial charge in [0.05, 0.1) is 0 Å². The minimum Gasteiger partial charge on any atom is -0.0851 e. The van der Waals surface area contributed by atoms with Crippen LogP contribution in [0.5, 0.6) is 0 Å². The third-order valence-electron chi connectivity index (χ3n) is 3.32. The van der Waals surface area contributed by atoms with Gasteiger partial charge in [-0.05, 0) is 37.0 Å². The Bertz CT molecular complexity index is 169. The second kappa shape index (κ2) is 3.64. The van der Waals surface area contributed by atoms with Gasteiger partial charge in [-0.2, -0.15) is 0 Å². The van der Waals surface area contributed by atoms with Crippen LogP contribution in [0.25, 0.3) is 0 Å². The highest BCUT2D eigenvalue weighted by molar-refractivity contribution is 5.21. The van der Waals surface area contributed by atoms with E-state index in [9.17, 15) is 0 Å². The SMILES string of the molecule is CCCCC[C]1CC2C=CC1C2. The van der Waals surface area contributed by atoms with E-state index >= 15 is 0 Å². The zero-order valence-corrected chi connectivity index (χ0v) is 8.05. The molecule has 0 aromatic rings. The summed E-state index contributed by atoms with van der Waals surface area (Å²) in [7, 11) is 0. The van der Waals surface area contributed by atoms with Crippen LogP contribution in [-0.2, 0) is 0 Å². The summed E-state index contributed by atoms with van der Waals surface area (Å²) in [5.74, 6) is 3.69. The normalized spacial score (nSPS) is 33.4. The molecule has 0 heterocycles. The van der Waals surface area contributed by atoms with Gasteiger partial charge in [0.2, 0.25) is 0 Å². The molecule has 0 aromatic heterocycles. The fourth-order valence-electron chi connectivity index (χ4n) is 2.61. The number of unbranched alkanes of at least 4 members (excludes halogenated alkanes) is 2. The Labute approximate surface area is 76.1 Å². The van der Waals surface area contributed by atoms with Gasteiger partial charge in [0.15, 0.2) is 0 Å². The van der Waals surface area contributed by atoms with Crippen LogP contribution < -0.4 is 0 Å². The van der Waals surface area contributed by atoms with E-state index in [0.717, 1.165) is 11.8 Å². The molecule has 0 aromatic carbocycles. The minimum absolute atomic E-state index is 0.895. The molecule has 0 amide bonds. The van der Waals surface area contributed by atoms with Gasteiger partial charge in [-0.3, -0.25) is 0 Å². The molecule has 1 radical (unpaired) electrons. The van der Waals surface area contributed by atoms with Crippen molar-refractivity contribution in [1.82, 2.24) is 0 Å². The first-order valence-corrected chi connectivity index (χ1v) is 5.43. The van der Waals surface area contributed by atoms with Crippen molar-refractivity contribution in [2.75, 3.05) is 0 Å². The predicted molar refractivity (Wildman–Crippen MR) is 52.7 cm³/mol. The molecule has 12 heavy (non-hydrogen) atoms. The second-order valence-electron chi connectivity index (χ2n) is 4.31. The number of hydrogen-bond donors (Lipinski definition) is 0. The van der Waals surface area contributed by atoms with Crippen molar-refractivity contribution in [2.45, 2.75) is 45.4 Å². The monoisotopic (exact) mass is 163 g/mol. The van der Waals surface area contributed by atoms with E-state index in [-0.39, 0.29) is 0 Å². The lowest BCUT2D eigenvalue weighted by Gasteiger charge is -2.16. The largest absolute Gasteiger partial charge is 0.0851 e. The van der Waals surface area contributed by atoms with E-state index in [4.69, 9.17) is 0 Å². The minimum atomic E-state index is 0.895. The van der Waals surface area contributed by atoms with Crippen LogP contribution in [0.2, 0.25) is 0 Å². The molecule has 1 fully saturated rings. The Hall–Kier alpha value is -0.260. The van der Waals surface area contributed by atoms with Crippen LogP contribution in [0.1, 0.15) is 45.4 Å². The van der Waals surface area contributed by atoms with Gasteiger partial charge >= 0.3 is 0 Å².